The summed E-state index contributed by atoms with van der Waals surface area (Å²) in [5.74, 6) is -0.655. The molecule has 0 radical (unpaired) electrons. The molecule has 1 aromatic heterocycles. The number of nitro groups is 1. The lowest BCUT2D eigenvalue weighted by Crippen LogP contribution is -1.98. The van der Waals surface area contributed by atoms with Crippen molar-refractivity contribution in [3.63, 3.8) is 0 Å². The number of pyridine rings is 1. The van der Waals surface area contributed by atoms with Gasteiger partial charge in [0.25, 0.3) is 5.69 Å². The molecule has 1 aromatic rings. The molecule has 0 fully saturated rings. The lowest BCUT2D eigenvalue weighted by atomic mass is 10.1. The van der Waals surface area contributed by atoms with Gasteiger partial charge >= 0.3 is 0 Å². The summed E-state index contributed by atoms with van der Waals surface area (Å²) in [6.07, 6.45) is 0.928. The van der Waals surface area contributed by atoms with E-state index in [-0.39, 0.29) is 11.3 Å². The fourth-order valence-electron chi connectivity index (χ4n) is 0.842. The van der Waals surface area contributed by atoms with E-state index in [1.165, 1.54) is 13.8 Å². The Morgan fingerprint density at radius 3 is 2.58 bits per heavy atom. The summed E-state index contributed by atoms with van der Waals surface area (Å²) in [7, 11) is 0. The SMILES string of the molecule is Cc1c([N+](=O)[O-])cnc(F)c1C. The smallest absolute Gasteiger partial charge is 0.258 e. The first-order valence-corrected chi connectivity index (χ1v) is 3.30. The van der Waals surface area contributed by atoms with Crippen LogP contribution < -0.4 is 0 Å². The van der Waals surface area contributed by atoms with Gasteiger partial charge in [-0.3, -0.25) is 10.1 Å². The molecule has 1 heterocycles. The van der Waals surface area contributed by atoms with Crippen LogP contribution in [0.15, 0.2) is 6.20 Å². The molecular formula is C7H7FN2O2. The Labute approximate surface area is 68.2 Å². The molecule has 1 rings (SSSR count). The molecule has 0 spiro atoms. The third-order valence-corrected chi connectivity index (χ3v) is 1.75. The zero-order valence-electron chi connectivity index (χ0n) is 6.67. The maximum atomic E-state index is 12.7. The molecule has 4 nitrogen and oxygen atoms in total. The first-order chi connectivity index (χ1) is 5.54. The minimum atomic E-state index is -0.655. The van der Waals surface area contributed by atoms with Gasteiger partial charge in [0.05, 0.1) is 4.92 Å². The van der Waals surface area contributed by atoms with Crippen molar-refractivity contribution in [2.24, 2.45) is 0 Å². The van der Waals surface area contributed by atoms with Crippen LogP contribution >= 0.6 is 0 Å². The molecule has 0 saturated carbocycles. The van der Waals surface area contributed by atoms with E-state index in [9.17, 15) is 14.5 Å². The Morgan fingerprint density at radius 1 is 1.50 bits per heavy atom. The summed E-state index contributed by atoms with van der Waals surface area (Å²) in [6, 6.07) is 0. The van der Waals surface area contributed by atoms with Gasteiger partial charge in [-0.15, -0.1) is 0 Å². The average Bonchev–Trinajstić information content (AvgIpc) is 2.00. The van der Waals surface area contributed by atoms with Crippen LogP contribution in [0.1, 0.15) is 11.1 Å². The van der Waals surface area contributed by atoms with E-state index in [2.05, 4.69) is 4.98 Å². The monoisotopic (exact) mass is 170 g/mol. The van der Waals surface area contributed by atoms with Crippen molar-refractivity contribution in [2.75, 3.05) is 0 Å². The molecule has 0 saturated heterocycles. The molecular weight excluding hydrogens is 163 g/mol. The molecule has 0 aliphatic carbocycles. The van der Waals surface area contributed by atoms with Crippen molar-refractivity contribution in [3.8, 4) is 0 Å². The van der Waals surface area contributed by atoms with Crippen molar-refractivity contribution in [3.05, 3.63) is 33.4 Å². The van der Waals surface area contributed by atoms with Crippen LogP contribution in [0.2, 0.25) is 0 Å². The van der Waals surface area contributed by atoms with Crippen LogP contribution in [0.3, 0.4) is 0 Å². The van der Waals surface area contributed by atoms with Crippen molar-refractivity contribution >= 4 is 5.69 Å². The third kappa shape index (κ3) is 1.25. The number of hydrogen-bond donors (Lipinski definition) is 0. The molecule has 0 N–H and O–H groups in total. The van der Waals surface area contributed by atoms with Crippen LogP contribution in [-0.4, -0.2) is 9.91 Å². The van der Waals surface area contributed by atoms with Gasteiger partial charge in [0.2, 0.25) is 5.95 Å². The van der Waals surface area contributed by atoms with Gasteiger partial charge in [0, 0.05) is 11.1 Å². The second-order valence-electron chi connectivity index (χ2n) is 2.44. The highest BCUT2D eigenvalue weighted by atomic mass is 19.1. The van der Waals surface area contributed by atoms with E-state index in [1.807, 2.05) is 0 Å². The van der Waals surface area contributed by atoms with E-state index in [1.54, 1.807) is 0 Å². The molecule has 0 aliphatic heterocycles. The highest BCUT2D eigenvalue weighted by Crippen LogP contribution is 2.20. The Morgan fingerprint density at radius 2 is 2.08 bits per heavy atom. The zero-order chi connectivity index (χ0) is 9.30. The van der Waals surface area contributed by atoms with Crippen molar-refractivity contribution < 1.29 is 9.31 Å². The second-order valence-corrected chi connectivity index (χ2v) is 2.44. The molecule has 64 valence electrons. The summed E-state index contributed by atoms with van der Waals surface area (Å²) < 4.78 is 12.7. The fraction of sp³-hybridized carbons (Fsp3) is 0.286. The largest absolute Gasteiger partial charge is 0.290 e. The fourth-order valence-corrected chi connectivity index (χ4v) is 0.842. The first-order valence-electron chi connectivity index (χ1n) is 3.30. The minimum absolute atomic E-state index is 0.145. The molecule has 0 unspecified atom stereocenters. The lowest BCUT2D eigenvalue weighted by Gasteiger charge is -2.00. The van der Waals surface area contributed by atoms with Crippen LogP contribution in [-0.2, 0) is 0 Å². The number of hydrogen-bond acceptors (Lipinski definition) is 3. The van der Waals surface area contributed by atoms with E-state index >= 15 is 0 Å². The summed E-state index contributed by atoms with van der Waals surface area (Å²) in [4.78, 5) is 13.0. The number of rotatable bonds is 1. The van der Waals surface area contributed by atoms with E-state index in [0.717, 1.165) is 6.20 Å². The van der Waals surface area contributed by atoms with Crippen LogP contribution in [0.4, 0.5) is 10.1 Å². The third-order valence-electron chi connectivity index (χ3n) is 1.75. The molecule has 0 atom stereocenters. The lowest BCUT2D eigenvalue weighted by molar-refractivity contribution is -0.385. The van der Waals surface area contributed by atoms with E-state index in [4.69, 9.17) is 0 Å². The molecule has 5 heteroatoms. The van der Waals surface area contributed by atoms with Gasteiger partial charge < -0.3 is 0 Å². The Balaban J connectivity index is 3.36. The first kappa shape index (κ1) is 8.58. The predicted molar refractivity (Wildman–Crippen MR) is 40.3 cm³/mol. The predicted octanol–water partition coefficient (Wildman–Crippen LogP) is 1.75. The average molecular weight is 170 g/mol. The number of aromatic nitrogens is 1. The Bertz CT molecular complexity index is 338. The maximum absolute atomic E-state index is 12.7. The highest BCUT2D eigenvalue weighted by Gasteiger charge is 2.15. The number of halogens is 1. The highest BCUT2D eigenvalue weighted by molar-refractivity contribution is 5.41. The molecule has 0 amide bonds. The maximum Gasteiger partial charge on any atom is 0.290 e. The van der Waals surface area contributed by atoms with Crippen LogP contribution in [0, 0.1) is 29.9 Å². The van der Waals surface area contributed by atoms with E-state index in [0.29, 0.717) is 5.56 Å². The van der Waals surface area contributed by atoms with Crippen molar-refractivity contribution in [1.82, 2.24) is 4.98 Å². The summed E-state index contributed by atoms with van der Waals surface area (Å²) in [6.45, 7) is 2.96. The van der Waals surface area contributed by atoms with Crippen molar-refractivity contribution in [1.29, 1.82) is 0 Å². The molecule has 0 bridgehead atoms. The zero-order valence-corrected chi connectivity index (χ0v) is 6.67. The topological polar surface area (TPSA) is 56.0 Å². The normalized spacial score (nSPS) is 9.92. The molecule has 12 heavy (non-hydrogen) atoms. The molecule has 0 aliphatic rings. The summed E-state index contributed by atoms with van der Waals surface area (Å²) in [5, 5.41) is 10.3. The number of nitrogens with zero attached hydrogens (tertiary/aromatic N) is 2. The van der Waals surface area contributed by atoms with Crippen LogP contribution in [0.25, 0.3) is 0 Å². The standard InChI is InChI=1S/C7H7FN2O2/c1-4-5(2)7(8)9-3-6(4)10(11)12/h3H,1-2H3. The Kier molecular flexibility index (Phi) is 2.03. The molecule has 0 aromatic carbocycles. The van der Waals surface area contributed by atoms with Gasteiger partial charge in [0.15, 0.2) is 0 Å². The summed E-state index contributed by atoms with van der Waals surface area (Å²) in [5.41, 5.74) is 0.408. The minimum Gasteiger partial charge on any atom is -0.258 e. The van der Waals surface area contributed by atoms with Gasteiger partial charge in [-0.1, -0.05) is 0 Å². The summed E-state index contributed by atoms with van der Waals surface area (Å²) >= 11 is 0. The van der Waals surface area contributed by atoms with Gasteiger partial charge in [0.1, 0.15) is 6.20 Å². The van der Waals surface area contributed by atoms with Crippen LogP contribution in [0.5, 0.6) is 0 Å². The van der Waals surface area contributed by atoms with E-state index < -0.39 is 10.9 Å². The van der Waals surface area contributed by atoms with Gasteiger partial charge in [-0.2, -0.15) is 4.39 Å². The van der Waals surface area contributed by atoms with Gasteiger partial charge in [-0.05, 0) is 13.8 Å². The van der Waals surface area contributed by atoms with Gasteiger partial charge in [-0.25, -0.2) is 4.98 Å². The van der Waals surface area contributed by atoms with Crippen molar-refractivity contribution in [2.45, 2.75) is 13.8 Å². The second kappa shape index (κ2) is 2.84. The quantitative estimate of drug-likeness (QED) is 0.366. The Hall–Kier alpha value is -1.52.